The number of aryl methyl sites for hydroxylation is 1. The Labute approximate surface area is 66.0 Å². The van der Waals surface area contributed by atoms with Gasteiger partial charge in [0, 0.05) is 6.54 Å². The summed E-state index contributed by atoms with van der Waals surface area (Å²) in [4.78, 5) is 0. The summed E-state index contributed by atoms with van der Waals surface area (Å²) >= 11 is 0. The highest BCUT2D eigenvalue weighted by Gasteiger charge is 2.08. The van der Waals surface area contributed by atoms with Crippen molar-refractivity contribution >= 4 is 0 Å². The van der Waals surface area contributed by atoms with Crippen molar-refractivity contribution in [3.8, 4) is 0 Å². The van der Waals surface area contributed by atoms with E-state index in [4.69, 9.17) is 5.73 Å². The van der Waals surface area contributed by atoms with Crippen LogP contribution in [0.2, 0.25) is 0 Å². The maximum atomic E-state index is 13.0. The predicted octanol–water partition coefficient (Wildman–Crippen LogP) is 1.96. The average Bonchev–Trinajstić information content (AvgIpc) is 2.04. The lowest BCUT2D eigenvalue weighted by Gasteiger charge is -2.07. The highest BCUT2D eigenvalue weighted by molar-refractivity contribution is 5.27. The van der Waals surface area contributed by atoms with Crippen LogP contribution >= 0.6 is 0 Å². The van der Waals surface area contributed by atoms with E-state index in [1.165, 1.54) is 0 Å². The van der Waals surface area contributed by atoms with Crippen LogP contribution in [0.1, 0.15) is 17.3 Å². The Hall–Kier alpha value is -0.890. The lowest BCUT2D eigenvalue weighted by atomic mass is 10.1. The van der Waals surface area contributed by atoms with Gasteiger partial charge in [0.05, 0.1) is 0 Å². The van der Waals surface area contributed by atoms with E-state index >= 15 is 0 Å². The maximum absolute atomic E-state index is 13.0. The molecule has 1 atom stereocenters. The van der Waals surface area contributed by atoms with Crippen molar-refractivity contribution in [2.45, 2.75) is 13.1 Å². The van der Waals surface area contributed by atoms with Crippen LogP contribution < -0.4 is 5.73 Å². The van der Waals surface area contributed by atoms with Gasteiger partial charge in [0.1, 0.15) is 6.17 Å². The molecule has 60 valence electrons. The zero-order valence-electron chi connectivity index (χ0n) is 6.55. The molecule has 2 N–H and O–H groups in total. The third-order valence-corrected chi connectivity index (χ3v) is 1.73. The molecule has 0 unspecified atom stereocenters. The summed E-state index contributed by atoms with van der Waals surface area (Å²) in [6, 6.07) is 7.37. The molecule has 0 saturated carbocycles. The molecule has 0 saturated heterocycles. The molecule has 11 heavy (non-hydrogen) atoms. The summed E-state index contributed by atoms with van der Waals surface area (Å²) in [7, 11) is 0. The zero-order valence-corrected chi connectivity index (χ0v) is 6.55. The van der Waals surface area contributed by atoms with Gasteiger partial charge in [-0.2, -0.15) is 0 Å². The van der Waals surface area contributed by atoms with Crippen LogP contribution in [0.3, 0.4) is 0 Å². The van der Waals surface area contributed by atoms with Gasteiger partial charge in [0.25, 0.3) is 0 Å². The molecular weight excluding hydrogens is 141 g/mol. The van der Waals surface area contributed by atoms with Gasteiger partial charge in [-0.05, 0) is 18.1 Å². The first-order valence-corrected chi connectivity index (χ1v) is 3.65. The van der Waals surface area contributed by atoms with E-state index in [0.717, 1.165) is 5.56 Å². The summed E-state index contributed by atoms with van der Waals surface area (Å²) in [5.74, 6) is 0. The van der Waals surface area contributed by atoms with Crippen molar-refractivity contribution in [2.24, 2.45) is 5.73 Å². The molecule has 1 aromatic rings. The molecule has 0 aliphatic heterocycles. The van der Waals surface area contributed by atoms with Crippen LogP contribution in [0.4, 0.5) is 4.39 Å². The first kappa shape index (κ1) is 8.21. The standard InChI is InChI=1S/C9H12FN/c1-7-4-2-3-5-8(7)9(10)6-11/h2-5,9H,6,11H2,1H3/t9-/m0/s1. The monoisotopic (exact) mass is 153 g/mol. The van der Waals surface area contributed by atoms with Crippen molar-refractivity contribution in [2.75, 3.05) is 6.54 Å². The molecule has 0 fully saturated rings. The SMILES string of the molecule is Cc1ccccc1[C@@H](F)CN. The Balaban J connectivity index is 2.93. The third kappa shape index (κ3) is 1.77. The normalized spacial score (nSPS) is 13.0. The van der Waals surface area contributed by atoms with Gasteiger partial charge in [0.15, 0.2) is 0 Å². The molecule has 0 aromatic heterocycles. The van der Waals surface area contributed by atoms with Crippen molar-refractivity contribution in [3.05, 3.63) is 35.4 Å². The van der Waals surface area contributed by atoms with Crippen LogP contribution in [0, 0.1) is 6.92 Å². The highest BCUT2D eigenvalue weighted by atomic mass is 19.1. The fourth-order valence-corrected chi connectivity index (χ4v) is 1.07. The van der Waals surface area contributed by atoms with Crippen LogP contribution in [0.25, 0.3) is 0 Å². The van der Waals surface area contributed by atoms with E-state index in [2.05, 4.69) is 0 Å². The number of alkyl halides is 1. The largest absolute Gasteiger partial charge is 0.327 e. The Bertz CT molecular complexity index is 235. The predicted molar refractivity (Wildman–Crippen MR) is 44.1 cm³/mol. The van der Waals surface area contributed by atoms with E-state index in [9.17, 15) is 4.39 Å². The summed E-state index contributed by atoms with van der Waals surface area (Å²) in [6.45, 7) is 1.95. The topological polar surface area (TPSA) is 26.0 Å². The van der Waals surface area contributed by atoms with Crippen molar-refractivity contribution < 1.29 is 4.39 Å². The second-order valence-corrected chi connectivity index (χ2v) is 2.56. The molecule has 0 spiro atoms. The minimum absolute atomic E-state index is 0.0604. The number of hydrogen-bond donors (Lipinski definition) is 1. The second kappa shape index (κ2) is 3.49. The maximum Gasteiger partial charge on any atom is 0.138 e. The van der Waals surface area contributed by atoms with Crippen molar-refractivity contribution in [1.29, 1.82) is 0 Å². The van der Waals surface area contributed by atoms with E-state index in [0.29, 0.717) is 5.56 Å². The summed E-state index contributed by atoms with van der Waals surface area (Å²) in [5.41, 5.74) is 6.87. The first-order valence-electron chi connectivity index (χ1n) is 3.65. The molecule has 0 amide bonds. The van der Waals surface area contributed by atoms with E-state index in [1.807, 2.05) is 25.1 Å². The molecule has 0 aliphatic carbocycles. The number of rotatable bonds is 2. The van der Waals surface area contributed by atoms with Crippen LogP contribution in [0.15, 0.2) is 24.3 Å². The first-order chi connectivity index (χ1) is 5.25. The van der Waals surface area contributed by atoms with Gasteiger partial charge >= 0.3 is 0 Å². The van der Waals surface area contributed by atoms with Gasteiger partial charge in [-0.25, -0.2) is 4.39 Å². The minimum atomic E-state index is -1.02. The Morgan fingerprint density at radius 1 is 1.45 bits per heavy atom. The minimum Gasteiger partial charge on any atom is -0.327 e. The highest BCUT2D eigenvalue weighted by Crippen LogP contribution is 2.18. The number of nitrogens with two attached hydrogens (primary N) is 1. The smallest absolute Gasteiger partial charge is 0.138 e. The van der Waals surface area contributed by atoms with Crippen LogP contribution in [-0.2, 0) is 0 Å². The van der Waals surface area contributed by atoms with E-state index in [1.54, 1.807) is 6.07 Å². The Morgan fingerprint density at radius 3 is 2.64 bits per heavy atom. The molecule has 1 aromatic carbocycles. The summed E-state index contributed by atoms with van der Waals surface area (Å²) in [5, 5.41) is 0. The molecule has 1 nitrogen and oxygen atoms in total. The fourth-order valence-electron chi connectivity index (χ4n) is 1.07. The molecule has 1 rings (SSSR count). The number of hydrogen-bond acceptors (Lipinski definition) is 1. The summed E-state index contributed by atoms with van der Waals surface area (Å²) < 4.78 is 13.0. The van der Waals surface area contributed by atoms with E-state index in [-0.39, 0.29) is 6.54 Å². The van der Waals surface area contributed by atoms with Gasteiger partial charge in [-0.3, -0.25) is 0 Å². The molecule has 2 heteroatoms. The Kier molecular flexibility index (Phi) is 2.60. The lowest BCUT2D eigenvalue weighted by Crippen LogP contribution is -2.08. The second-order valence-electron chi connectivity index (χ2n) is 2.56. The number of halogens is 1. The molecule has 0 heterocycles. The van der Waals surface area contributed by atoms with Crippen LogP contribution in [-0.4, -0.2) is 6.54 Å². The van der Waals surface area contributed by atoms with Crippen molar-refractivity contribution in [1.82, 2.24) is 0 Å². The van der Waals surface area contributed by atoms with Gasteiger partial charge in [-0.1, -0.05) is 24.3 Å². The molecule has 0 radical (unpaired) electrons. The fraction of sp³-hybridized carbons (Fsp3) is 0.333. The van der Waals surface area contributed by atoms with E-state index < -0.39 is 6.17 Å². The quantitative estimate of drug-likeness (QED) is 0.690. The Morgan fingerprint density at radius 2 is 2.09 bits per heavy atom. The zero-order chi connectivity index (χ0) is 8.27. The molecule has 0 bridgehead atoms. The number of benzene rings is 1. The molecule has 0 aliphatic rings. The van der Waals surface area contributed by atoms with Crippen LogP contribution in [0.5, 0.6) is 0 Å². The molecular formula is C9H12FN. The average molecular weight is 153 g/mol. The summed E-state index contributed by atoms with van der Waals surface area (Å²) in [6.07, 6.45) is -1.02. The lowest BCUT2D eigenvalue weighted by molar-refractivity contribution is 0.351. The third-order valence-electron chi connectivity index (χ3n) is 1.73. The van der Waals surface area contributed by atoms with Gasteiger partial charge in [0.2, 0.25) is 0 Å². The van der Waals surface area contributed by atoms with Gasteiger partial charge in [-0.15, -0.1) is 0 Å². The van der Waals surface area contributed by atoms with Gasteiger partial charge < -0.3 is 5.73 Å². The van der Waals surface area contributed by atoms with Crippen molar-refractivity contribution in [3.63, 3.8) is 0 Å².